The second kappa shape index (κ2) is 8.18. The molecule has 2 atom stereocenters. The van der Waals surface area contributed by atoms with Gasteiger partial charge in [-0.15, -0.1) is 0 Å². The fraction of sp³-hybridized carbons (Fsp3) is 0.500. The van der Waals surface area contributed by atoms with Gasteiger partial charge in [-0.2, -0.15) is 0 Å². The SMILES string of the molecule is CCCN1CC(c2cc(F)cc(C(=O)NC[C@@H](N)C(=O)O)c2)CN1. The molecule has 1 aliphatic heterocycles. The number of carbonyl (C=O) groups excluding carboxylic acids is 1. The Morgan fingerprint density at radius 1 is 1.50 bits per heavy atom. The molecule has 0 saturated carbocycles. The molecule has 1 unspecified atom stereocenters. The number of carboxylic acids is 1. The molecule has 1 amide bonds. The zero-order chi connectivity index (χ0) is 17.7. The summed E-state index contributed by atoms with van der Waals surface area (Å²) >= 11 is 0. The molecule has 0 aliphatic carbocycles. The number of aliphatic carboxylic acids is 1. The molecule has 0 bridgehead atoms. The van der Waals surface area contributed by atoms with Crippen LogP contribution in [0.15, 0.2) is 18.2 Å². The smallest absolute Gasteiger partial charge is 0.322 e. The number of benzene rings is 1. The van der Waals surface area contributed by atoms with Crippen molar-refractivity contribution in [2.75, 3.05) is 26.2 Å². The summed E-state index contributed by atoms with van der Waals surface area (Å²) in [6.07, 6.45) is 1.01. The van der Waals surface area contributed by atoms with E-state index in [-0.39, 0.29) is 18.0 Å². The molecule has 1 heterocycles. The molecule has 24 heavy (non-hydrogen) atoms. The second-order valence-electron chi connectivity index (χ2n) is 5.93. The standard InChI is InChI=1S/C16H23FN4O3/c1-2-3-21-9-12(7-20-21)10-4-11(6-13(17)5-10)15(22)19-8-14(18)16(23)24/h4-6,12,14,20H,2-3,7-9,18H2,1H3,(H,19,22)(H,23,24)/t12?,14-/m1/s1. The first-order valence-corrected chi connectivity index (χ1v) is 7.96. The molecule has 0 aromatic heterocycles. The quantitative estimate of drug-likeness (QED) is 0.569. The molecule has 2 rings (SSSR count). The van der Waals surface area contributed by atoms with Gasteiger partial charge < -0.3 is 16.2 Å². The van der Waals surface area contributed by atoms with E-state index < -0.39 is 23.7 Å². The monoisotopic (exact) mass is 338 g/mol. The number of nitrogens with zero attached hydrogens (tertiary/aromatic N) is 1. The minimum Gasteiger partial charge on any atom is -0.480 e. The fourth-order valence-electron chi connectivity index (χ4n) is 2.67. The molecule has 1 aromatic carbocycles. The van der Waals surface area contributed by atoms with Crippen molar-refractivity contribution in [2.45, 2.75) is 25.3 Å². The number of hydrogen-bond donors (Lipinski definition) is 4. The first kappa shape index (κ1) is 18.3. The van der Waals surface area contributed by atoms with Crippen molar-refractivity contribution in [2.24, 2.45) is 5.73 Å². The summed E-state index contributed by atoms with van der Waals surface area (Å²) in [5, 5.41) is 13.2. The van der Waals surface area contributed by atoms with E-state index in [1.54, 1.807) is 6.07 Å². The summed E-state index contributed by atoms with van der Waals surface area (Å²) in [4.78, 5) is 22.8. The van der Waals surface area contributed by atoms with Gasteiger partial charge in [-0.25, -0.2) is 9.40 Å². The Labute approximate surface area is 140 Å². The van der Waals surface area contributed by atoms with Crippen molar-refractivity contribution in [3.05, 3.63) is 35.1 Å². The third-order valence-corrected chi connectivity index (χ3v) is 3.95. The van der Waals surface area contributed by atoms with Gasteiger partial charge in [0, 0.05) is 37.7 Å². The van der Waals surface area contributed by atoms with Gasteiger partial charge in [0.25, 0.3) is 5.91 Å². The lowest BCUT2D eigenvalue weighted by atomic mass is 9.97. The van der Waals surface area contributed by atoms with Crippen LogP contribution in [0.25, 0.3) is 0 Å². The van der Waals surface area contributed by atoms with E-state index in [0.29, 0.717) is 6.54 Å². The summed E-state index contributed by atoms with van der Waals surface area (Å²) in [6.45, 7) is 4.22. The average molecular weight is 338 g/mol. The summed E-state index contributed by atoms with van der Waals surface area (Å²) in [5.41, 5.74) is 9.51. The summed E-state index contributed by atoms with van der Waals surface area (Å²) < 4.78 is 13.9. The van der Waals surface area contributed by atoms with Gasteiger partial charge in [-0.3, -0.25) is 15.0 Å². The Hall–Kier alpha value is -2.03. The highest BCUT2D eigenvalue weighted by molar-refractivity contribution is 5.94. The largest absolute Gasteiger partial charge is 0.480 e. The van der Waals surface area contributed by atoms with Crippen molar-refractivity contribution in [3.8, 4) is 0 Å². The van der Waals surface area contributed by atoms with Crippen LogP contribution in [0.5, 0.6) is 0 Å². The van der Waals surface area contributed by atoms with Crippen molar-refractivity contribution < 1.29 is 19.1 Å². The van der Waals surface area contributed by atoms with Gasteiger partial charge in [0.15, 0.2) is 0 Å². The Bertz CT molecular complexity index is 611. The van der Waals surface area contributed by atoms with Crippen molar-refractivity contribution >= 4 is 11.9 Å². The highest BCUT2D eigenvalue weighted by Gasteiger charge is 2.24. The van der Waals surface area contributed by atoms with Crippen LogP contribution in [0, 0.1) is 5.82 Å². The number of carboxylic acid groups (broad SMARTS) is 1. The van der Waals surface area contributed by atoms with Gasteiger partial charge >= 0.3 is 5.97 Å². The molecule has 7 nitrogen and oxygen atoms in total. The van der Waals surface area contributed by atoms with Gasteiger partial charge in [-0.05, 0) is 30.2 Å². The third-order valence-electron chi connectivity index (χ3n) is 3.95. The van der Waals surface area contributed by atoms with Crippen molar-refractivity contribution in [3.63, 3.8) is 0 Å². The maximum Gasteiger partial charge on any atom is 0.322 e. The number of nitrogens with one attached hydrogen (secondary N) is 2. The molecular formula is C16H23FN4O3. The first-order chi connectivity index (χ1) is 11.4. The molecule has 1 aromatic rings. The minimum atomic E-state index is -1.21. The molecule has 0 radical (unpaired) electrons. The van der Waals surface area contributed by atoms with E-state index >= 15 is 0 Å². The number of rotatable bonds is 7. The molecule has 1 saturated heterocycles. The average Bonchev–Trinajstić information content (AvgIpc) is 3.00. The Balaban J connectivity index is 2.05. The number of hydrazine groups is 1. The zero-order valence-electron chi connectivity index (χ0n) is 13.6. The van der Waals surface area contributed by atoms with Crippen LogP contribution in [-0.2, 0) is 4.79 Å². The van der Waals surface area contributed by atoms with Gasteiger partial charge in [0.1, 0.15) is 11.9 Å². The van der Waals surface area contributed by atoms with Gasteiger partial charge in [-0.1, -0.05) is 6.92 Å². The molecule has 1 fully saturated rings. The molecular weight excluding hydrogens is 315 g/mol. The topological polar surface area (TPSA) is 108 Å². The number of amides is 1. The first-order valence-electron chi connectivity index (χ1n) is 7.96. The third kappa shape index (κ3) is 4.73. The maximum absolute atomic E-state index is 13.9. The van der Waals surface area contributed by atoms with Gasteiger partial charge in [0.2, 0.25) is 0 Å². The zero-order valence-corrected chi connectivity index (χ0v) is 13.6. The molecule has 0 spiro atoms. The van der Waals surface area contributed by atoms with Crippen LogP contribution >= 0.6 is 0 Å². The predicted molar refractivity (Wildman–Crippen MR) is 87.0 cm³/mol. The molecule has 132 valence electrons. The van der Waals surface area contributed by atoms with E-state index in [4.69, 9.17) is 10.8 Å². The number of nitrogens with two attached hydrogens (primary N) is 1. The van der Waals surface area contributed by atoms with Crippen molar-refractivity contribution in [1.82, 2.24) is 15.8 Å². The van der Waals surface area contributed by atoms with Crippen LogP contribution in [0.4, 0.5) is 4.39 Å². The van der Waals surface area contributed by atoms with E-state index in [2.05, 4.69) is 22.7 Å². The van der Waals surface area contributed by atoms with E-state index in [1.165, 1.54) is 6.07 Å². The van der Waals surface area contributed by atoms with Crippen LogP contribution < -0.4 is 16.5 Å². The Morgan fingerprint density at radius 2 is 2.25 bits per heavy atom. The lowest BCUT2D eigenvalue weighted by Gasteiger charge is -2.15. The molecule has 8 heteroatoms. The highest BCUT2D eigenvalue weighted by atomic mass is 19.1. The van der Waals surface area contributed by atoms with E-state index in [0.717, 1.165) is 31.1 Å². The second-order valence-corrected chi connectivity index (χ2v) is 5.93. The minimum absolute atomic E-state index is 0.0973. The number of carbonyl (C=O) groups is 2. The fourth-order valence-corrected chi connectivity index (χ4v) is 2.67. The number of halogens is 1. The molecule has 1 aliphatic rings. The summed E-state index contributed by atoms with van der Waals surface area (Å²) in [6, 6.07) is 3.02. The van der Waals surface area contributed by atoms with Crippen LogP contribution in [-0.4, -0.2) is 54.2 Å². The highest BCUT2D eigenvalue weighted by Crippen LogP contribution is 2.23. The number of hydrogen-bond acceptors (Lipinski definition) is 5. The Morgan fingerprint density at radius 3 is 2.92 bits per heavy atom. The van der Waals surface area contributed by atoms with E-state index in [9.17, 15) is 14.0 Å². The lowest BCUT2D eigenvalue weighted by molar-refractivity contribution is -0.138. The van der Waals surface area contributed by atoms with Gasteiger partial charge in [0.05, 0.1) is 0 Å². The van der Waals surface area contributed by atoms with E-state index in [1.807, 2.05) is 0 Å². The normalized spacial score (nSPS) is 19.2. The summed E-state index contributed by atoms with van der Waals surface area (Å²) in [7, 11) is 0. The van der Waals surface area contributed by atoms with Crippen molar-refractivity contribution in [1.29, 1.82) is 0 Å². The van der Waals surface area contributed by atoms with Crippen LogP contribution in [0.2, 0.25) is 0 Å². The lowest BCUT2D eigenvalue weighted by Crippen LogP contribution is -2.42. The predicted octanol–water partition coefficient (Wildman–Crippen LogP) is 0.281. The van der Waals surface area contributed by atoms with Crippen LogP contribution in [0.3, 0.4) is 0 Å². The summed E-state index contributed by atoms with van der Waals surface area (Å²) in [5.74, 6) is -2.14. The Kier molecular flexibility index (Phi) is 6.24. The maximum atomic E-state index is 13.9. The molecule has 5 N–H and O–H groups in total. The van der Waals surface area contributed by atoms with Crippen LogP contribution in [0.1, 0.15) is 35.2 Å².